The predicted molar refractivity (Wildman–Crippen MR) is 172 cm³/mol. The predicted octanol–water partition coefficient (Wildman–Crippen LogP) is -5.32. The molecule has 3 aliphatic heterocycles. The summed E-state index contributed by atoms with van der Waals surface area (Å²) in [5.74, 6) is -2.32. The highest BCUT2D eigenvalue weighted by molar-refractivity contribution is 5.78. The first-order chi connectivity index (χ1) is 23.9. The molecule has 0 aromatic heterocycles. The Hall–Kier alpha value is -1.74. The van der Waals surface area contributed by atoms with E-state index in [4.69, 9.17) is 55.8 Å². The second kappa shape index (κ2) is 23.1. The fourth-order valence-electron chi connectivity index (χ4n) is 5.01. The summed E-state index contributed by atoms with van der Waals surface area (Å²) in [5, 5.41) is 77.7. The Balaban J connectivity index is 0.000000676. The van der Waals surface area contributed by atoms with Crippen LogP contribution in [0.2, 0.25) is 0 Å². The lowest BCUT2D eigenvalue weighted by atomic mass is 9.89. The molecule has 3 heterocycles. The summed E-state index contributed by atoms with van der Waals surface area (Å²) < 4.78 is 42.3. The summed E-state index contributed by atoms with van der Waals surface area (Å²) in [7, 11) is 2.66. The number of carbonyl (C=O) groups is 2. The third kappa shape index (κ3) is 13.6. The van der Waals surface area contributed by atoms with Gasteiger partial charge in [0.1, 0.15) is 43.2 Å². The van der Waals surface area contributed by atoms with E-state index in [0.717, 1.165) is 6.42 Å². The minimum absolute atomic E-state index is 0.116. The molecule has 0 amide bonds. The zero-order valence-corrected chi connectivity index (χ0v) is 29.7. The van der Waals surface area contributed by atoms with Crippen LogP contribution in [0.4, 0.5) is 0 Å². The Morgan fingerprint density at radius 2 is 1.14 bits per heavy atom. The first kappa shape index (κ1) is 47.3. The Morgan fingerprint density at radius 1 is 0.745 bits per heavy atom. The van der Waals surface area contributed by atoms with Crippen molar-refractivity contribution >= 4 is 11.9 Å². The first-order valence-electron chi connectivity index (χ1n) is 16.5. The van der Waals surface area contributed by atoms with E-state index >= 15 is 0 Å². The van der Waals surface area contributed by atoms with Gasteiger partial charge in [-0.25, -0.2) is 9.59 Å². The normalized spacial score (nSPS) is 39.3. The van der Waals surface area contributed by atoms with Gasteiger partial charge in [0.05, 0.1) is 56.3 Å². The van der Waals surface area contributed by atoms with Gasteiger partial charge >= 0.3 is 11.9 Å². The number of nitrogens with two attached hydrogens (primary N) is 3. The second-order valence-corrected chi connectivity index (χ2v) is 12.3. The number of methoxy groups -OCH3 is 2. The average Bonchev–Trinajstić information content (AvgIpc) is 3.10. The van der Waals surface area contributed by atoms with Gasteiger partial charge in [0.15, 0.2) is 25.0 Å². The van der Waals surface area contributed by atoms with Crippen LogP contribution in [0.5, 0.6) is 0 Å². The molecule has 14 N–H and O–H groups in total. The van der Waals surface area contributed by atoms with Gasteiger partial charge in [-0.05, 0) is 20.3 Å². The van der Waals surface area contributed by atoms with Crippen molar-refractivity contribution in [2.24, 2.45) is 23.1 Å². The molecule has 21 heteroatoms. The SMILES string of the molecule is CCC(C)O.COCC(=O)OC(C)C(=O)O.CO[C@@H]1O[C@@H](CO)[C@@H](O[C@@H]2OC(CO)[C@@H](O[C@@H]3O[C@@H](CO)[C@@H](C)C(O)C3N)[C@H](O)C2N)C(O)C1N. The molecule has 0 saturated carbocycles. The maximum atomic E-state index is 10.9. The topological polar surface area (TPSA) is 348 Å². The van der Waals surface area contributed by atoms with E-state index in [9.17, 15) is 40.2 Å². The fraction of sp³-hybridized carbons (Fsp3) is 0.933. The fourth-order valence-corrected chi connectivity index (χ4v) is 5.01. The van der Waals surface area contributed by atoms with Crippen LogP contribution in [-0.2, 0) is 47.5 Å². The minimum Gasteiger partial charge on any atom is -0.479 e. The van der Waals surface area contributed by atoms with Crippen molar-refractivity contribution < 1.29 is 88.3 Å². The molecule has 21 nitrogen and oxygen atoms in total. The number of carbonyl (C=O) groups excluding carboxylic acids is 1. The van der Waals surface area contributed by atoms with Gasteiger partial charge in [-0.15, -0.1) is 0 Å². The summed E-state index contributed by atoms with van der Waals surface area (Å²) >= 11 is 0. The average molecular weight is 750 g/mol. The lowest BCUT2D eigenvalue weighted by Gasteiger charge is -2.49. The molecule has 0 aromatic rings. The van der Waals surface area contributed by atoms with E-state index in [1.807, 2.05) is 6.92 Å². The van der Waals surface area contributed by atoms with Crippen molar-refractivity contribution in [3.63, 3.8) is 0 Å². The molecule has 8 unspecified atom stereocenters. The number of aliphatic hydroxyl groups is 7. The highest BCUT2D eigenvalue weighted by Crippen LogP contribution is 2.32. The van der Waals surface area contributed by atoms with Gasteiger partial charge in [0.25, 0.3) is 0 Å². The number of hydrogen-bond donors (Lipinski definition) is 11. The molecule has 0 radical (unpaired) electrons. The Labute approximate surface area is 296 Å². The van der Waals surface area contributed by atoms with Gasteiger partial charge in [0, 0.05) is 20.1 Å². The van der Waals surface area contributed by atoms with Crippen molar-refractivity contribution in [3.05, 3.63) is 0 Å². The van der Waals surface area contributed by atoms with Gasteiger partial charge in [-0.3, -0.25) is 0 Å². The van der Waals surface area contributed by atoms with E-state index in [1.165, 1.54) is 21.1 Å². The standard InChI is InChI=1S/C20H39N3O12.C6H10O5.C4H10O/c1-6-7(3-24)31-19(10(21)13(6)27)34-17-9(5-26)33-20(12(23)15(17)29)35-16-8(4-25)32-18(30-2)11(22)14(16)28;1-4(6(8)9)11-5(7)3-10-2;1-3-4(2)5/h6-20,24-29H,3-5,21-23H2,1-2H3;4H,3H2,1-2H3,(H,8,9);4-5H,3H2,1-2H3/t6-,7+,8+,9?,10?,11?,12?,13?,14?,15-,16-,17-,18-,19+,20+;;/m1../s1. The van der Waals surface area contributed by atoms with Crippen molar-refractivity contribution in [1.82, 2.24) is 0 Å². The van der Waals surface area contributed by atoms with Crippen LogP contribution < -0.4 is 17.2 Å². The van der Waals surface area contributed by atoms with Crippen LogP contribution in [0.25, 0.3) is 0 Å². The number of carboxylic acid groups (broad SMARTS) is 1. The first-order valence-corrected chi connectivity index (χ1v) is 16.5. The van der Waals surface area contributed by atoms with Crippen LogP contribution >= 0.6 is 0 Å². The van der Waals surface area contributed by atoms with Gasteiger partial charge in [-0.1, -0.05) is 13.8 Å². The third-order valence-corrected chi connectivity index (χ3v) is 8.45. The van der Waals surface area contributed by atoms with E-state index < -0.39 is 130 Å². The van der Waals surface area contributed by atoms with Crippen LogP contribution in [0.3, 0.4) is 0 Å². The van der Waals surface area contributed by atoms with Crippen LogP contribution in [0, 0.1) is 5.92 Å². The molecule has 302 valence electrons. The third-order valence-electron chi connectivity index (χ3n) is 8.45. The molecule has 17 atom stereocenters. The number of esters is 1. The van der Waals surface area contributed by atoms with Crippen LogP contribution in [0.1, 0.15) is 34.1 Å². The largest absolute Gasteiger partial charge is 0.479 e. The minimum atomic E-state index is -1.47. The Kier molecular flexibility index (Phi) is 21.4. The summed E-state index contributed by atoms with van der Waals surface area (Å²) in [6.45, 7) is 4.88. The molecule has 0 aromatic carbocycles. The maximum absolute atomic E-state index is 10.9. The smallest absolute Gasteiger partial charge is 0.344 e. The van der Waals surface area contributed by atoms with Crippen molar-refractivity contribution in [1.29, 1.82) is 0 Å². The van der Waals surface area contributed by atoms with E-state index in [-0.39, 0.29) is 12.7 Å². The second-order valence-electron chi connectivity index (χ2n) is 12.3. The molecule has 0 aliphatic carbocycles. The molecule has 3 saturated heterocycles. The highest BCUT2D eigenvalue weighted by Gasteiger charge is 2.52. The quantitative estimate of drug-likeness (QED) is 0.0783. The molecular formula is C30H59N3O18. The number of carboxylic acids is 1. The molecular weight excluding hydrogens is 690 g/mol. The van der Waals surface area contributed by atoms with E-state index in [2.05, 4.69) is 9.47 Å². The zero-order chi connectivity index (χ0) is 39.2. The van der Waals surface area contributed by atoms with E-state index in [1.54, 1.807) is 13.8 Å². The lowest BCUT2D eigenvalue weighted by Crippen LogP contribution is -2.69. The maximum Gasteiger partial charge on any atom is 0.344 e. The Bertz CT molecular complexity index is 996. The van der Waals surface area contributed by atoms with Crippen molar-refractivity contribution in [3.8, 4) is 0 Å². The number of ether oxygens (including phenoxy) is 8. The lowest BCUT2D eigenvalue weighted by molar-refractivity contribution is -0.347. The van der Waals surface area contributed by atoms with Gasteiger partial charge < -0.3 is 95.9 Å². The number of aliphatic carboxylic acids is 1. The molecule has 3 fully saturated rings. The summed E-state index contributed by atoms with van der Waals surface area (Å²) in [4.78, 5) is 20.7. The molecule has 0 bridgehead atoms. The van der Waals surface area contributed by atoms with Crippen molar-refractivity contribution in [2.75, 3.05) is 40.6 Å². The van der Waals surface area contributed by atoms with Crippen LogP contribution in [0.15, 0.2) is 0 Å². The van der Waals surface area contributed by atoms with Crippen LogP contribution in [-0.4, -0.2) is 191 Å². The van der Waals surface area contributed by atoms with Gasteiger partial charge in [-0.2, -0.15) is 0 Å². The zero-order valence-electron chi connectivity index (χ0n) is 29.7. The van der Waals surface area contributed by atoms with E-state index in [0.29, 0.717) is 0 Å². The number of hydrogen-bond acceptors (Lipinski definition) is 20. The summed E-state index contributed by atoms with van der Waals surface area (Å²) in [5.41, 5.74) is 18.1. The Morgan fingerprint density at radius 3 is 1.51 bits per heavy atom. The molecule has 0 spiro atoms. The summed E-state index contributed by atoms with van der Waals surface area (Å²) in [6, 6.07) is -3.27. The van der Waals surface area contributed by atoms with Gasteiger partial charge in [0.2, 0.25) is 0 Å². The molecule has 3 rings (SSSR count). The number of rotatable bonds is 13. The molecule has 3 aliphatic rings. The van der Waals surface area contributed by atoms with Crippen molar-refractivity contribution in [2.45, 2.75) is 132 Å². The summed E-state index contributed by atoms with van der Waals surface area (Å²) in [6.07, 6.45) is -13.3. The monoisotopic (exact) mass is 749 g/mol. The highest BCUT2D eigenvalue weighted by atomic mass is 16.7. The molecule has 51 heavy (non-hydrogen) atoms. The number of aliphatic hydroxyl groups excluding tert-OH is 7.